The monoisotopic (exact) mass is 1810 g/mol. The van der Waals surface area contributed by atoms with E-state index in [9.17, 15) is 33.9 Å². The van der Waals surface area contributed by atoms with Gasteiger partial charge in [0.15, 0.2) is 0 Å². The molecule has 27 nitrogen and oxygen atoms in total. The van der Waals surface area contributed by atoms with Gasteiger partial charge in [0.05, 0.1) is 121 Å². The van der Waals surface area contributed by atoms with Gasteiger partial charge in [-0.05, 0) is 159 Å². The molecule has 1 radical (unpaired) electrons. The third kappa shape index (κ3) is 63.2. The van der Waals surface area contributed by atoms with Crippen molar-refractivity contribution in [3.8, 4) is 17.8 Å². The Morgan fingerprint density at radius 2 is 0.835 bits per heavy atom. The summed E-state index contributed by atoms with van der Waals surface area (Å²) in [6.45, 7) is 31.5. The van der Waals surface area contributed by atoms with Gasteiger partial charge in [0.1, 0.15) is 0 Å². The molecule has 0 spiro atoms. The molecule has 0 aromatic carbocycles. The van der Waals surface area contributed by atoms with E-state index in [2.05, 4.69) is 81.0 Å². The lowest BCUT2D eigenvalue weighted by Gasteiger charge is -2.23. The zero-order chi connectivity index (χ0) is 93.8. The first-order valence-electron chi connectivity index (χ1n) is 49.7. The molecule has 0 saturated heterocycles. The van der Waals surface area contributed by atoms with Crippen molar-refractivity contribution in [3.05, 3.63) is 21.8 Å². The lowest BCUT2D eigenvalue weighted by atomic mass is 9.85. The van der Waals surface area contributed by atoms with Gasteiger partial charge in [-0.2, -0.15) is 0 Å². The van der Waals surface area contributed by atoms with E-state index in [1.165, 1.54) is 154 Å². The number of fused-ring (bicyclic) bond motifs is 3. The zero-order valence-corrected chi connectivity index (χ0v) is 82.4. The zero-order valence-electron chi connectivity index (χ0n) is 81.5. The summed E-state index contributed by atoms with van der Waals surface area (Å²) in [7, 11) is 1.17. The molecule has 731 valence electrons. The number of hydrogen-bond donors (Lipinski definition) is 7. The van der Waals surface area contributed by atoms with E-state index < -0.39 is 33.6 Å². The highest BCUT2D eigenvalue weighted by atomic mass is 32.1. The van der Waals surface area contributed by atoms with Crippen LogP contribution in [0.2, 0.25) is 0 Å². The number of esters is 2. The maximum absolute atomic E-state index is 12.7. The Morgan fingerprint density at radius 3 is 1.20 bits per heavy atom. The number of thiol groups is 1. The lowest BCUT2D eigenvalue weighted by Crippen LogP contribution is -2.38. The first-order chi connectivity index (χ1) is 61.2. The van der Waals surface area contributed by atoms with Crippen LogP contribution in [0.1, 0.15) is 376 Å². The smallest absolute Gasteiger partial charge is 0.358 e. The Kier molecular flexibility index (Phi) is 73.3. The summed E-state index contributed by atoms with van der Waals surface area (Å²) in [5, 5.41) is 44.3. The van der Waals surface area contributed by atoms with Crippen LogP contribution in [0.4, 0.5) is 0 Å². The highest BCUT2D eigenvalue weighted by Crippen LogP contribution is 2.54. The molecule has 1 aromatic rings. The molecular weight excluding hydrogens is 1630 g/mol. The van der Waals surface area contributed by atoms with Crippen LogP contribution < -0.4 is 21.0 Å². The Morgan fingerprint density at radius 1 is 0.496 bits per heavy atom. The number of nitrogens with zero attached hydrogens (tertiary/aromatic N) is 7. The van der Waals surface area contributed by atoms with Crippen LogP contribution in [0.25, 0.3) is 10.4 Å². The van der Waals surface area contributed by atoms with Crippen molar-refractivity contribution in [2.75, 3.05) is 119 Å². The number of carboxylic acids is 2. The molecule has 1 unspecified atom stereocenters. The number of aromatic nitrogens is 3. The Balaban J connectivity index is 0.000000969. The average molecular weight is 1810 g/mol. The summed E-state index contributed by atoms with van der Waals surface area (Å²) in [6.07, 6.45) is 51.8. The molecule has 5 rings (SSSR count). The number of ether oxygens (including phenoxy) is 8. The molecule has 0 bridgehead atoms. The van der Waals surface area contributed by atoms with Gasteiger partial charge >= 0.3 is 31.3 Å². The highest BCUT2D eigenvalue weighted by molar-refractivity contribution is 7.79. The van der Waals surface area contributed by atoms with Gasteiger partial charge in [0.2, 0.25) is 11.8 Å². The maximum atomic E-state index is 12.7. The Bertz CT molecular complexity index is 3100. The fourth-order valence-corrected chi connectivity index (χ4v) is 16.2. The van der Waals surface area contributed by atoms with Crippen LogP contribution in [0.15, 0.2) is 5.11 Å². The average Bonchev–Trinajstić information content (AvgIpc) is 1.61. The molecule has 127 heavy (non-hydrogen) atoms. The minimum Gasteiger partial charge on any atom is -0.481 e. The number of carbonyl (C=O) groups is 6. The summed E-state index contributed by atoms with van der Waals surface area (Å²) in [6, 6.07) is 0. The van der Waals surface area contributed by atoms with Crippen molar-refractivity contribution in [1.29, 1.82) is 5.26 Å². The Hall–Kier alpha value is -5.59. The maximum Gasteiger partial charge on any atom is 0.358 e. The first kappa shape index (κ1) is 119. The lowest BCUT2D eigenvalue weighted by molar-refractivity contribution is -0.148. The minimum absolute atomic E-state index is 0.0148. The number of nitrogens with one attached hydrogen (secondary N) is 3. The summed E-state index contributed by atoms with van der Waals surface area (Å²) < 4.78 is 48.6. The number of carbonyl (C=O) groups excluding carboxylic acids is 4. The minimum atomic E-state index is -0.714. The molecule has 2 saturated carbocycles. The van der Waals surface area contributed by atoms with Crippen LogP contribution >= 0.6 is 12.8 Å². The van der Waals surface area contributed by atoms with Gasteiger partial charge < -0.3 is 64.5 Å². The normalized spacial score (nSPS) is 16.7. The topological polar surface area (TPSA) is 382 Å². The van der Waals surface area contributed by atoms with Crippen LogP contribution in [-0.4, -0.2) is 187 Å². The van der Waals surface area contributed by atoms with E-state index >= 15 is 0 Å². The fraction of sp³-hybridized carbons (Fsp3) is 0.888. The molecule has 29 heteroatoms. The largest absolute Gasteiger partial charge is 0.481 e. The molecule has 4 aliphatic carbocycles. The fourth-order valence-electron chi connectivity index (χ4n) is 16.1. The molecule has 6 atom stereocenters. The molecule has 4 aliphatic rings. The third-order valence-corrected chi connectivity index (χ3v) is 25.1. The summed E-state index contributed by atoms with van der Waals surface area (Å²) in [4.78, 5) is 74.2. The standard InChI is InChI=1S/C45H80N4O8.C26H50N4O6.C19H30O2.C7H17N.CH2BN2S/c1-6-7-8-9-14-17-20-41(50)57-35-38-36-21-23-39-40(24-22-37(36)38)49(48-47-39)28-30-55-32-34-56-33-31-54-29-27-46-42(51)44(2,3)25-18-15-12-10-11-13-16-19-26-45(4,5)43(52)53;1-25(2,13-11-9-7-5-6-8-10-12-14-26(3,4)24(32)33)23(31)28-15-17-34-19-21-36-22-20-35-18-16-29-30-27;1-2-3-4-5-6-11-14-19(20)21-15-18-16-12-9-7-8-10-13-17(16)18;1-2-3-4-5-6-7-8;3-1-2-4-5/h36-38H,6-35H2,1-5H3,(H,46,51)(H,52,53);5-22H2,1-4H3,(H,28,31)(H,32,33);16-18H,2-6,9-15H2,1H3;2-8H2,1H3;4-5H/t36-,37+,38-;;16-,17+,18?;;/m0..../s1. The predicted octanol–water partition coefficient (Wildman–Crippen LogP) is 20.2. The number of azide groups is 1. The van der Waals surface area contributed by atoms with Crippen molar-refractivity contribution in [3.63, 3.8) is 0 Å². The molecular formula is C98H179BN11O16S. The van der Waals surface area contributed by atoms with Crippen molar-refractivity contribution in [2.45, 2.75) is 384 Å². The van der Waals surface area contributed by atoms with Gasteiger partial charge in [-0.15, -0.1) is 29.8 Å². The molecule has 1 aromatic heterocycles. The number of aliphatic carboxylic acids is 2. The number of amides is 2. The summed E-state index contributed by atoms with van der Waals surface area (Å²) in [5.41, 5.74) is 13.7. The van der Waals surface area contributed by atoms with Gasteiger partial charge in [-0.25, -0.2) is 9.94 Å². The number of unbranched alkanes of at least 4 members (excludes halogenated alkanes) is 28. The van der Waals surface area contributed by atoms with Crippen molar-refractivity contribution in [2.24, 2.45) is 68.0 Å². The van der Waals surface area contributed by atoms with Crippen LogP contribution in [0.5, 0.6) is 0 Å². The van der Waals surface area contributed by atoms with E-state index in [4.69, 9.17) is 59.5 Å². The van der Waals surface area contributed by atoms with Gasteiger partial charge in [0, 0.05) is 67.0 Å². The number of carboxylic acid groups (broad SMARTS) is 2. The van der Waals surface area contributed by atoms with Gasteiger partial charge in [-0.1, -0.05) is 251 Å². The molecule has 1 heterocycles. The molecule has 2 fully saturated rings. The van der Waals surface area contributed by atoms with E-state index in [-0.39, 0.29) is 23.8 Å². The van der Waals surface area contributed by atoms with Crippen LogP contribution in [0.3, 0.4) is 0 Å². The van der Waals surface area contributed by atoms with E-state index in [0.29, 0.717) is 155 Å². The number of nitrogens with two attached hydrogens (primary N) is 1. The number of hydrogen-bond acceptors (Lipinski definition) is 21. The quantitative estimate of drug-likeness (QED) is 0.00465. The van der Waals surface area contributed by atoms with Crippen LogP contribution in [-0.2, 0) is 86.0 Å². The molecule has 7 N–H and O–H groups in total. The van der Waals surface area contributed by atoms with Crippen molar-refractivity contribution < 1.29 is 76.9 Å². The number of aryl methyl sites for hydroxylation is 1. The SMILES string of the molecule is CC(C)(CCCCCCCCCCC(C)(C)C(=O)NCCOCCOCCOCCN=[N+]=[N-])C(=O)O.CCCCCCCCC(=O)OCC1[C@H]2CCC#CCC[C@@H]12.CCCCCCCCC(=O)OC[C@@H]1[C@@H]2CCc3c(nnn3CCOCCOCCOCCNC(=O)C(C)(C)CCCCCCCCCCC(C)(C)C(=O)O)CC[C@@H]21.CCCCCCCN.N#C[B]NS. The predicted molar refractivity (Wildman–Crippen MR) is 511 cm³/mol. The third-order valence-electron chi connectivity index (χ3n) is 25.0. The summed E-state index contributed by atoms with van der Waals surface area (Å²) >= 11 is 3.47. The molecule has 0 aliphatic heterocycles. The molecule has 2 amide bonds. The van der Waals surface area contributed by atoms with Gasteiger partial charge in [0.25, 0.3) is 0 Å². The van der Waals surface area contributed by atoms with Crippen LogP contribution in [0, 0.1) is 80.2 Å². The second-order valence-corrected chi connectivity index (χ2v) is 37.9. The van der Waals surface area contributed by atoms with Crippen molar-refractivity contribution >= 4 is 55.9 Å². The van der Waals surface area contributed by atoms with E-state index in [1.54, 1.807) is 33.7 Å². The second-order valence-electron chi connectivity index (χ2n) is 37.6. The number of nitriles is 1. The first-order valence-corrected chi connectivity index (χ1v) is 50.2. The van der Waals surface area contributed by atoms with E-state index in [0.717, 1.165) is 172 Å². The van der Waals surface area contributed by atoms with Gasteiger partial charge in [-0.3, -0.25) is 33.4 Å². The van der Waals surface area contributed by atoms with E-state index in [1.807, 2.05) is 32.4 Å². The van der Waals surface area contributed by atoms with Crippen molar-refractivity contribution in [1.82, 2.24) is 30.3 Å². The number of rotatable bonds is 74. The summed E-state index contributed by atoms with van der Waals surface area (Å²) in [5.74, 6) is 10.8. The second kappa shape index (κ2) is 78.0. The highest BCUT2D eigenvalue weighted by Gasteiger charge is 2.51. The Labute approximate surface area is 775 Å².